The third-order valence-electron chi connectivity index (χ3n) is 4.16. The minimum Gasteiger partial charge on any atom is -0.508 e. The van der Waals surface area contributed by atoms with Crippen LogP contribution in [0.25, 0.3) is 0 Å². The van der Waals surface area contributed by atoms with Crippen molar-refractivity contribution in [2.75, 3.05) is 5.32 Å². The molecule has 0 saturated heterocycles. The standard InChI is InChI=1S/C18H21NO/c1-13(14-9-11-16(20)12-10-14)19-18-8-4-6-15-5-2-3-7-17(15)18/h4,6,8-13,19-20H,2-3,5,7H2,1H3. The van der Waals surface area contributed by atoms with Gasteiger partial charge in [0.15, 0.2) is 0 Å². The highest BCUT2D eigenvalue weighted by molar-refractivity contribution is 5.56. The third-order valence-corrected chi connectivity index (χ3v) is 4.16. The second-order valence-corrected chi connectivity index (χ2v) is 5.61. The smallest absolute Gasteiger partial charge is 0.115 e. The number of anilines is 1. The summed E-state index contributed by atoms with van der Waals surface area (Å²) in [6.45, 7) is 2.16. The molecule has 0 amide bonds. The fraction of sp³-hybridized carbons (Fsp3) is 0.333. The van der Waals surface area contributed by atoms with E-state index in [1.807, 2.05) is 12.1 Å². The van der Waals surface area contributed by atoms with Gasteiger partial charge in [-0.15, -0.1) is 0 Å². The average Bonchev–Trinajstić information content (AvgIpc) is 2.48. The first-order chi connectivity index (χ1) is 9.74. The van der Waals surface area contributed by atoms with Gasteiger partial charge in [-0.1, -0.05) is 24.3 Å². The van der Waals surface area contributed by atoms with E-state index in [1.54, 1.807) is 12.1 Å². The Morgan fingerprint density at radius 1 is 1.00 bits per heavy atom. The van der Waals surface area contributed by atoms with E-state index in [9.17, 15) is 5.11 Å². The lowest BCUT2D eigenvalue weighted by Gasteiger charge is -2.23. The van der Waals surface area contributed by atoms with Crippen LogP contribution in [0.2, 0.25) is 0 Å². The van der Waals surface area contributed by atoms with Crippen molar-refractivity contribution in [2.45, 2.75) is 38.6 Å². The zero-order chi connectivity index (χ0) is 13.9. The van der Waals surface area contributed by atoms with Gasteiger partial charge >= 0.3 is 0 Å². The van der Waals surface area contributed by atoms with Gasteiger partial charge in [0.2, 0.25) is 0 Å². The lowest BCUT2D eigenvalue weighted by atomic mass is 9.90. The lowest BCUT2D eigenvalue weighted by Crippen LogP contribution is -2.11. The normalized spacial score (nSPS) is 15.4. The van der Waals surface area contributed by atoms with Crippen LogP contribution in [-0.4, -0.2) is 5.11 Å². The number of rotatable bonds is 3. The lowest BCUT2D eigenvalue weighted by molar-refractivity contribution is 0.475. The van der Waals surface area contributed by atoms with Gasteiger partial charge < -0.3 is 10.4 Å². The average molecular weight is 267 g/mol. The summed E-state index contributed by atoms with van der Waals surface area (Å²) in [5, 5.41) is 13.0. The minimum absolute atomic E-state index is 0.240. The fourth-order valence-corrected chi connectivity index (χ4v) is 3.00. The van der Waals surface area contributed by atoms with Crippen LogP contribution in [0.4, 0.5) is 5.69 Å². The van der Waals surface area contributed by atoms with Crippen LogP contribution < -0.4 is 5.32 Å². The molecular weight excluding hydrogens is 246 g/mol. The molecule has 1 unspecified atom stereocenters. The van der Waals surface area contributed by atoms with Crippen molar-refractivity contribution in [2.24, 2.45) is 0 Å². The number of phenols is 1. The fourth-order valence-electron chi connectivity index (χ4n) is 3.00. The quantitative estimate of drug-likeness (QED) is 0.861. The summed E-state index contributed by atoms with van der Waals surface area (Å²) in [6, 6.07) is 14.3. The molecular formula is C18H21NO. The Morgan fingerprint density at radius 2 is 1.75 bits per heavy atom. The first-order valence-corrected chi connectivity index (χ1v) is 7.40. The topological polar surface area (TPSA) is 32.3 Å². The highest BCUT2D eigenvalue weighted by Gasteiger charge is 2.14. The predicted molar refractivity (Wildman–Crippen MR) is 83.2 cm³/mol. The van der Waals surface area contributed by atoms with E-state index in [2.05, 4.69) is 30.4 Å². The predicted octanol–water partition coefficient (Wildman–Crippen LogP) is 4.44. The van der Waals surface area contributed by atoms with E-state index in [0.29, 0.717) is 5.75 Å². The van der Waals surface area contributed by atoms with Gasteiger partial charge in [0.05, 0.1) is 0 Å². The Morgan fingerprint density at radius 3 is 2.55 bits per heavy atom. The van der Waals surface area contributed by atoms with Crippen molar-refractivity contribution in [3.05, 3.63) is 59.2 Å². The molecule has 20 heavy (non-hydrogen) atoms. The Labute approximate surface area is 120 Å². The number of hydrogen-bond acceptors (Lipinski definition) is 2. The first kappa shape index (κ1) is 13.0. The van der Waals surface area contributed by atoms with Crippen molar-refractivity contribution < 1.29 is 5.11 Å². The summed E-state index contributed by atoms with van der Waals surface area (Å²) in [5.41, 5.74) is 5.45. The van der Waals surface area contributed by atoms with Crippen LogP contribution in [0.1, 0.15) is 42.5 Å². The molecule has 2 nitrogen and oxygen atoms in total. The molecule has 0 spiro atoms. The minimum atomic E-state index is 0.240. The molecule has 0 radical (unpaired) electrons. The second kappa shape index (κ2) is 5.58. The Kier molecular flexibility index (Phi) is 3.64. The molecule has 0 aliphatic heterocycles. The largest absolute Gasteiger partial charge is 0.508 e. The zero-order valence-corrected chi connectivity index (χ0v) is 11.9. The number of aromatic hydroxyl groups is 1. The van der Waals surface area contributed by atoms with E-state index >= 15 is 0 Å². The molecule has 0 bridgehead atoms. The second-order valence-electron chi connectivity index (χ2n) is 5.61. The van der Waals surface area contributed by atoms with Crippen molar-refractivity contribution in [3.8, 4) is 5.75 Å². The van der Waals surface area contributed by atoms with E-state index in [-0.39, 0.29) is 6.04 Å². The summed E-state index contributed by atoms with van der Waals surface area (Å²) in [4.78, 5) is 0. The monoisotopic (exact) mass is 267 g/mol. The van der Waals surface area contributed by atoms with Crippen LogP contribution >= 0.6 is 0 Å². The number of aryl methyl sites for hydroxylation is 1. The van der Waals surface area contributed by atoms with Gasteiger partial charge in [-0.3, -0.25) is 0 Å². The van der Waals surface area contributed by atoms with Gasteiger partial charge in [-0.25, -0.2) is 0 Å². The molecule has 1 atom stereocenters. The summed E-state index contributed by atoms with van der Waals surface area (Å²) in [5.74, 6) is 0.318. The molecule has 104 valence electrons. The summed E-state index contributed by atoms with van der Waals surface area (Å²) >= 11 is 0. The van der Waals surface area contributed by atoms with E-state index in [4.69, 9.17) is 0 Å². The van der Waals surface area contributed by atoms with Crippen LogP contribution in [0.3, 0.4) is 0 Å². The van der Waals surface area contributed by atoms with E-state index in [0.717, 1.165) is 0 Å². The molecule has 2 heteroatoms. The van der Waals surface area contributed by atoms with Crippen LogP contribution in [0, 0.1) is 0 Å². The molecule has 0 saturated carbocycles. The maximum absolute atomic E-state index is 9.37. The number of phenolic OH excluding ortho intramolecular Hbond substituents is 1. The highest BCUT2D eigenvalue weighted by Crippen LogP contribution is 2.30. The summed E-state index contributed by atoms with van der Waals surface area (Å²) in [6.07, 6.45) is 4.99. The van der Waals surface area contributed by atoms with Crippen LogP contribution in [0.5, 0.6) is 5.75 Å². The van der Waals surface area contributed by atoms with Crippen molar-refractivity contribution in [1.82, 2.24) is 0 Å². The molecule has 1 aliphatic carbocycles. The van der Waals surface area contributed by atoms with Crippen molar-refractivity contribution in [3.63, 3.8) is 0 Å². The summed E-state index contributed by atoms with van der Waals surface area (Å²) in [7, 11) is 0. The van der Waals surface area contributed by atoms with Gasteiger partial charge in [0, 0.05) is 11.7 Å². The maximum atomic E-state index is 9.37. The Bertz CT molecular complexity index is 589. The van der Waals surface area contributed by atoms with Crippen LogP contribution in [0.15, 0.2) is 42.5 Å². The van der Waals surface area contributed by atoms with Gasteiger partial charge in [0.1, 0.15) is 5.75 Å². The Hall–Kier alpha value is -1.96. The number of nitrogens with one attached hydrogen (secondary N) is 1. The molecule has 2 aromatic carbocycles. The highest BCUT2D eigenvalue weighted by atomic mass is 16.3. The maximum Gasteiger partial charge on any atom is 0.115 e. The molecule has 0 aromatic heterocycles. The molecule has 1 aliphatic rings. The number of hydrogen-bond donors (Lipinski definition) is 2. The van der Waals surface area contributed by atoms with Crippen LogP contribution in [-0.2, 0) is 12.8 Å². The molecule has 2 N–H and O–H groups in total. The molecule has 3 rings (SSSR count). The van der Waals surface area contributed by atoms with Gasteiger partial charge in [-0.2, -0.15) is 0 Å². The first-order valence-electron chi connectivity index (χ1n) is 7.40. The van der Waals surface area contributed by atoms with Crippen molar-refractivity contribution >= 4 is 5.69 Å². The van der Waals surface area contributed by atoms with E-state index in [1.165, 1.54) is 48.1 Å². The summed E-state index contributed by atoms with van der Waals surface area (Å²) < 4.78 is 0. The molecule has 0 fully saturated rings. The van der Waals surface area contributed by atoms with Crippen molar-refractivity contribution in [1.29, 1.82) is 0 Å². The Balaban J connectivity index is 1.82. The SMILES string of the molecule is CC(Nc1cccc2c1CCCC2)c1ccc(O)cc1. The zero-order valence-electron chi connectivity index (χ0n) is 11.9. The third kappa shape index (κ3) is 2.64. The van der Waals surface area contributed by atoms with Gasteiger partial charge in [0.25, 0.3) is 0 Å². The van der Waals surface area contributed by atoms with Gasteiger partial charge in [-0.05, 0) is 67.5 Å². The number of benzene rings is 2. The molecule has 0 heterocycles. The molecule has 2 aromatic rings. The number of fused-ring (bicyclic) bond motifs is 1. The van der Waals surface area contributed by atoms with E-state index < -0.39 is 0 Å².